The van der Waals surface area contributed by atoms with E-state index in [0.717, 1.165) is 0 Å². The number of carbonyl (C=O) groups is 2. The molecule has 0 unspecified atom stereocenters. The van der Waals surface area contributed by atoms with Gasteiger partial charge in [-0.15, -0.1) is 0 Å². The van der Waals surface area contributed by atoms with Gasteiger partial charge in [-0.2, -0.15) is 0 Å². The average molecular weight is 218 g/mol. The minimum Gasteiger partial charge on any atom is -0.300 e. The van der Waals surface area contributed by atoms with Crippen LogP contribution in [0.15, 0.2) is 0 Å². The second-order valence-electron chi connectivity index (χ2n) is 4.68. The lowest BCUT2D eigenvalue weighted by Crippen LogP contribution is -2.42. The van der Waals surface area contributed by atoms with Crippen molar-refractivity contribution in [1.29, 1.82) is 0 Å². The number of carbonyl (C=O) groups excluding carboxylic acids is 2. The molecule has 0 atom stereocenters. The summed E-state index contributed by atoms with van der Waals surface area (Å²) < 4.78 is 27.4. The van der Waals surface area contributed by atoms with Gasteiger partial charge in [-0.25, -0.2) is 8.78 Å². The Balaban J connectivity index is 2.62. The van der Waals surface area contributed by atoms with Crippen LogP contribution >= 0.6 is 0 Å². The van der Waals surface area contributed by atoms with Crippen molar-refractivity contribution >= 4 is 11.6 Å². The van der Waals surface area contributed by atoms with Gasteiger partial charge in [-0.3, -0.25) is 9.59 Å². The molecule has 0 bridgehead atoms. The topological polar surface area (TPSA) is 34.1 Å². The summed E-state index contributed by atoms with van der Waals surface area (Å²) in [5.74, 6) is -1.03. The molecule has 0 radical (unpaired) electrons. The van der Waals surface area contributed by atoms with Crippen molar-refractivity contribution in [3.8, 4) is 0 Å². The van der Waals surface area contributed by atoms with E-state index in [1.165, 1.54) is 13.8 Å². The maximum absolute atomic E-state index is 14.0. The van der Waals surface area contributed by atoms with Crippen LogP contribution in [0.2, 0.25) is 0 Å². The molecule has 0 aromatic rings. The highest BCUT2D eigenvalue weighted by molar-refractivity contribution is 6.02. The van der Waals surface area contributed by atoms with E-state index in [4.69, 9.17) is 0 Å². The van der Waals surface area contributed by atoms with Crippen LogP contribution in [0.25, 0.3) is 0 Å². The molecule has 1 saturated carbocycles. The van der Waals surface area contributed by atoms with Gasteiger partial charge in [0.05, 0.1) is 6.42 Å². The standard InChI is InChI=1S/C11H16F2O2/c1-8(14)7-9(15)11(13)5-3-10(2,12)4-6-11/h3-7H2,1-2H3. The zero-order chi connectivity index (χ0) is 11.7. The molecule has 0 aliphatic heterocycles. The van der Waals surface area contributed by atoms with Gasteiger partial charge in [0.2, 0.25) is 0 Å². The van der Waals surface area contributed by atoms with Crippen LogP contribution in [0.4, 0.5) is 8.78 Å². The first kappa shape index (κ1) is 12.3. The van der Waals surface area contributed by atoms with Gasteiger partial charge in [-0.05, 0) is 39.5 Å². The fraction of sp³-hybridized carbons (Fsp3) is 0.818. The van der Waals surface area contributed by atoms with E-state index < -0.39 is 17.1 Å². The second kappa shape index (κ2) is 3.99. The highest BCUT2D eigenvalue weighted by Gasteiger charge is 2.45. The van der Waals surface area contributed by atoms with Crippen molar-refractivity contribution in [2.75, 3.05) is 0 Å². The van der Waals surface area contributed by atoms with Gasteiger partial charge in [-0.1, -0.05) is 0 Å². The Labute approximate surface area is 88.0 Å². The van der Waals surface area contributed by atoms with Crippen molar-refractivity contribution < 1.29 is 18.4 Å². The smallest absolute Gasteiger partial charge is 0.177 e. The summed E-state index contributed by atoms with van der Waals surface area (Å²) in [5, 5.41) is 0. The molecule has 0 aromatic heterocycles. The molecular formula is C11H16F2O2. The quantitative estimate of drug-likeness (QED) is 0.682. The summed E-state index contributed by atoms with van der Waals surface area (Å²) in [6, 6.07) is 0. The Bertz CT molecular complexity index is 274. The molecule has 1 aliphatic rings. The van der Waals surface area contributed by atoms with Crippen LogP contribution in [0.5, 0.6) is 0 Å². The van der Waals surface area contributed by atoms with Gasteiger partial charge in [0.1, 0.15) is 11.5 Å². The number of Topliss-reactive ketones (excluding diaryl/α,β-unsaturated/α-hetero) is 2. The van der Waals surface area contributed by atoms with E-state index in [-0.39, 0.29) is 37.9 Å². The lowest BCUT2D eigenvalue weighted by molar-refractivity contribution is -0.137. The molecule has 0 N–H and O–H groups in total. The molecule has 4 heteroatoms. The molecular weight excluding hydrogens is 202 g/mol. The molecule has 2 nitrogen and oxygen atoms in total. The van der Waals surface area contributed by atoms with Crippen LogP contribution in [0.3, 0.4) is 0 Å². The van der Waals surface area contributed by atoms with E-state index >= 15 is 0 Å². The van der Waals surface area contributed by atoms with E-state index in [0.29, 0.717) is 0 Å². The number of halogens is 2. The van der Waals surface area contributed by atoms with Crippen molar-refractivity contribution in [2.45, 2.75) is 57.3 Å². The lowest BCUT2D eigenvalue weighted by Gasteiger charge is -2.34. The first-order valence-electron chi connectivity index (χ1n) is 5.16. The normalized spacial score (nSPS) is 36.3. The first-order valence-corrected chi connectivity index (χ1v) is 5.16. The summed E-state index contributed by atoms with van der Waals surface area (Å²) >= 11 is 0. The van der Waals surface area contributed by atoms with E-state index in [1.54, 1.807) is 0 Å². The van der Waals surface area contributed by atoms with E-state index in [9.17, 15) is 18.4 Å². The second-order valence-corrected chi connectivity index (χ2v) is 4.68. The summed E-state index contributed by atoms with van der Waals surface area (Å²) in [6.45, 7) is 2.67. The third kappa shape index (κ3) is 3.08. The molecule has 1 aliphatic carbocycles. The summed E-state index contributed by atoms with van der Waals surface area (Å²) in [4.78, 5) is 22.1. The highest BCUT2D eigenvalue weighted by Crippen LogP contribution is 2.40. The van der Waals surface area contributed by atoms with Gasteiger partial charge < -0.3 is 0 Å². The lowest BCUT2D eigenvalue weighted by atomic mass is 9.76. The van der Waals surface area contributed by atoms with Gasteiger partial charge in [0.25, 0.3) is 0 Å². The molecule has 1 rings (SSSR count). The van der Waals surface area contributed by atoms with E-state index in [1.807, 2.05) is 0 Å². The van der Waals surface area contributed by atoms with Gasteiger partial charge in [0.15, 0.2) is 11.5 Å². The Morgan fingerprint density at radius 2 is 1.60 bits per heavy atom. The Hall–Kier alpha value is -0.800. The minimum absolute atomic E-state index is 0.0488. The maximum atomic E-state index is 14.0. The summed E-state index contributed by atoms with van der Waals surface area (Å²) in [6.07, 6.45) is -0.488. The number of ketones is 2. The fourth-order valence-corrected chi connectivity index (χ4v) is 1.83. The highest BCUT2D eigenvalue weighted by atomic mass is 19.1. The predicted octanol–water partition coefficient (Wildman–Crippen LogP) is 2.55. The first-order chi connectivity index (χ1) is 6.75. The van der Waals surface area contributed by atoms with Crippen LogP contribution in [0, 0.1) is 0 Å². The Morgan fingerprint density at radius 3 is 2.00 bits per heavy atom. The molecule has 0 aromatic carbocycles. The van der Waals surface area contributed by atoms with Crippen molar-refractivity contribution in [3.05, 3.63) is 0 Å². The van der Waals surface area contributed by atoms with Crippen LogP contribution in [0.1, 0.15) is 46.0 Å². The van der Waals surface area contributed by atoms with Gasteiger partial charge >= 0.3 is 0 Å². The van der Waals surface area contributed by atoms with Crippen molar-refractivity contribution in [3.63, 3.8) is 0 Å². The maximum Gasteiger partial charge on any atom is 0.177 e. The molecule has 1 fully saturated rings. The summed E-state index contributed by atoms with van der Waals surface area (Å²) in [5.41, 5.74) is -3.34. The Morgan fingerprint density at radius 1 is 1.13 bits per heavy atom. The van der Waals surface area contributed by atoms with Crippen LogP contribution in [-0.4, -0.2) is 22.9 Å². The van der Waals surface area contributed by atoms with E-state index in [2.05, 4.69) is 0 Å². The zero-order valence-corrected chi connectivity index (χ0v) is 9.11. The average Bonchev–Trinajstić information content (AvgIpc) is 2.09. The largest absolute Gasteiger partial charge is 0.300 e. The van der Waals surface area contributed by atoms with Crippen molar-refractivity contribution in [1.82, 2.24) is 0 Å². The predicted molar refractivity (Wildman–Crippen MR) is 52.1 cm³/mol. The number of hydrogen-bond acceptors (Lipinski definition) is 2. The minimum atomic E-state index is -1.97. The summed E-state index contributed by atoms with van der Waals surface area (Å²) in [7, 11) is 0. The Kier molecular flexibility index (Phi) is 3.26. The monoisotopic (exact) mass is 218 g/mol. The number of rotatable bonds is 3. The third-order valence-electron chi connectivity index (χ3n) is 2.99. The van der Waals surface area contributed by atoms with Gasteiger partial charge in [0, 0.05) is 0 Å². The molecule has 0 spiro atoms. The molecule has 15 heavy (non-hydrogen) atoms. The molecule has 86 valence electrons. The fourth-order valence-electron chi connectivity index (χ4n) is 1.83. The SMILES string of the molecule is CC(=O)CC(=O)C1(F)CCC(C)(F)CC1. The molecule has 0 heterocycles. The number of hydrogen-bond donors (Lipinski definition) is 0. The molecule has 0 saturated heterocycles. The molecule has 0 amide bonds. The van der Waals surface area contributed by atoms with Crippen LogP contribution < -0.4 is 0 Å². The van der Waals surface area contributed by atoms with Crippen molar-refractivity contribution in [2.24, 2.45) is 0 Å². The zero-order valence-electron chi connectivity index (χ0n) is 9.11. The van der Waals surface area contributed by atoms with Crippen LogP contribution in [-0.2, 0) is 9.59 Å². The number of alkyl halides is 2. The third-order valence-corrected chi connectivity index (χ3v) is 2.99.